The van der Waals surface area contributed by atoms with Gasteiger partial charge in [0.05, 0.1) is 12.4 Å². The van der Waals surface area contributed by atoms with E-state index in [9.17, 15) is 0 Å². The normalized spacial score (nSPS) is 31.2. The van der Waals surface area contributed by atoms with Crippen LogP contribution in [0.3, 0.4) is 0 Å². The largest absolute Gasteiger partial charge is 0.357 e. The van der Waals surface area contributed by atoms with Crippen LogP contribution < -0.4 is 5.32 Å². The number of likely N-dealkylation sites (tertiary alicyclic amines) is 1. The summed E-state index contributed by atoms with van der Waals surface area (Å²) in [6.07, 6.45) is 9.71. The maximum absolute atomic E-state index is 5.14. The molecule has 0 amide bonds. The number of aryl methyl sites for hydroxylation is 1. The Labute approximate surface area is 174 Å². The Balaban J connectivity index is 1.29. The maximum atomic E-state index is 5.14. The lowest BCUT2D eigenvalue weighted by Gasteiger charge is -2.39. The molecule has 2 aromatic rings. The van der Waals surface area contributed by atoms with Gasteiger partial charge in [-0.05, 0) is 61.0 Å². The minimum atomic E-state index is 0.463. The van der Waals surface area contributed by atoms with E-state index in [1.54, 1.807) is 11.1 Å². The van der Waals surface area contributed by atoms with Crippen LogP contribution in [0.2, 0.25) is 0 Å². The molecule has 2 aliphatic carbocycles. The summed E-state index contributed by atoms with van der Waals surface area (Å²) in [6, 6.07) is 9.52. The Hall–Kier alpha value is -2.30. The van der Waals surface area contributed by atoms with Gasteiger partial charge in [-0.3, -0.25) is 4.99 Å². The van der Waals surface area contributed by atoms with Crippen molar-refractivity contribution in [3.05, 3.63) is 54.1 Å². The number of aliphatic imine (C=N–C) groups is 1. The molecule has 5 heteroatoms. The lowest BCUT2D eigenvalue weighted by Crippen LogP contribution is -2.49. The van der Waals surface area contributed by atoms with Gasteiger partial charge in [-0.25, -0.2) is 4.98 Å². The van der Waals surface area contributed by atoms with E-state index < -0.39 is 0 Å². The topological polar surface area (TPSA) is 45.5 Å². The predicted octanol–water partition coefficient (Wildman–Crippen LogP) is 3.71. The molecule has 0 bridgehead atoms. The summed E-state index contributed by atoms with van der Waals surface area (Å²) in [5, 5.41) is 3.57. The quantitative estimate of drug-likeness (QED) is 0.638. The van der Waals surface area contributed by atoms with Gasteiger partial charge in [-0.1, -0.05) is 31.2 Å². The molecule has 5 unspecified atom stereocenters. The van der Waals surface area contributed by atoms with Crippen molar-refractivity contribution in [1.29, 1.82) is 0 Å². The van der Waals surface area contributed by atoms with Gasteiger partial charge >= 0.3 is 0 Å². The van der Waals surface area contributed by atoms with E-state index in [1.807, 2.05) is 12.5 Å². The molecule has 3 aliphatic rings. The molecule has 2 heterocycles. The van der Waals surface area contributed by atoms with Crippen LogP contribution in [0.5, 0.6) is 0 Å². The lowest BCUT2D eigenvalue weighted by molar-refractivity contribution is 0.189. The molecule has 1 N–H and O–H groups in total. The number of aromatic nitrogens is 2. The Bertz CT molecular complexity index is 858. The van der Waals surface area contributed by atoms with Crippen LogP contribution >= 0.6 is 0 Å². The van der Waals surface area contributed by atoms with E-state index in [-0.39, 0.29) is 0 Å². The van der Waals surface area contributed by atoms with Gasteiger partial charge < -0.3 is 14.8 Å². The second kappa shape index (κ2) is 7.85. The highest BCUT2D eigenvalue weighted by molar-refractivity contribution is 5.80. The number of hydrogen-bond donors (Lipinski definition) is 1. The Kier molecular flexibility index (Phi) is 5.06. The van der Waals surface area contributed by atoms with E-state index in [4.69, 9.17) is 4.99 Å². The average molecular weight is 392 g/mol. The first-order valence-corrected chi connectivity index (χ1v) is 11.3. The number of guanidine groups is 1. The van der Waals surface area contributed by atoms with Crippen molar-refractivity contribution >= 4 is 5.96 Å². The summed E-state index contributed by atoms with van der Waals surface area (Å²) in [7, 11) is 0. The smallest absolute Gasteiger partial charge is 0.193 e. The molecule has 0 spiro atoms. The van der Waals surface area contributed by atoms with E-state index in [0.29, 0.717) is 12.0 Å². The number of piperidine rings is 1. The molecule has 5 atom stereocenters. The number of fused-ring (bicyclic) bond motifs is 3. The van der Waals surface area contributed by atoms with Gasteiger partial charge in [-0.15, -0.1) is 0 Å². The minimum Gasteiger partial charge on any atom is -0.357 e. The molecule has 5 rings (SSSR count). The number of nitrogens with zero attached hydrogens (tertiary/aromatic N) is 4. The molecule has 2 fully saturated rings. The number of hydrogen-bond acceptors (Lipinski definition) is 2. The number of nitrogens with one attached hydrogen (secondary N) is 1. The van der Waals surface area contributed by atoms with Crippen molar-refractivity contribution in [3.63, 3.8) is 0 Å². The van der Waals surface area contributed by atoms with Crippen LogP contribution in [-0.4, -0.2) is 46.6 Å². The Morgan fingerprint density at radius 3 is 3.00 bits per heavy atom. The highest BCUT2D eigenvalue weighted by Crippen LogP contribution is 2.59. The summed E-state index contributed by atoms with van der Waals surface area (Å²) >= 11 is 0. The third-order valence-corrected chi connectivity index (χ3v) is 7.41. The van der Waals surface area contributed by atoms with Gasteiger partial charge in [0.2, 0.25) is 0 Å². The Morgan fingerprint density at radius 2 is 2.17 bits per heavy atom. The zero-order chi connectivity index (χ0) is 19.8. The van der Waals surface area contributed by atoms with Crippen LogP contribution in [0.25, 0.3) is 0 Å². The molecule has 1 aliphatic heterocycles. The SMILES string of the molecule is CCNC(=NCC1C2CCc3ccccc3C21)N1CCC(C)C(n2ccnc2)C1. The van der Waals surface area contributed by atoms with Gasteiger partial charge in [0.25, 0.3) is 0 Å². The second-order valence-corrected chi connectivity index (χ2v) is 9.07. The lowest BCUT2D eigenvalue weighted by atomic mass is 9.92. The van der Waals surface area contributed by atoms with E-state index in [2.05, 4.69) is 64.1 Å². The first kappa shape index (κ1) is 18.7. The van der Waals surface area contributed by atoms with Crippen LogP contribution in [0, 0.1) is 17.8 Å². The maximum Gasteiger partial charge on any atom is 0.193 e. The van der Waals surface area contributed by atoms with Gasteiger partial charge in [-0.2, -0.15) is 0 Å². The zero-order valence-electron chi connectivity index (χ0n) is 17.7. The number of imidazole rings is 1. The second-order valence-electron chi connectivity index (χ2n) is 9.07. The van der Waals surface area contributed by atoms with Crippen LogP contribution in [-0.2, 0) is 6.42 Å². The van der Waals surface area contributed by atoms with Crippen LogP contribution in [0.15, 0.2) is 48.0 Å². The van der Waals surface area contributed by atoms with Crippen molar-refractivity contribution in [1.82, 2.24) is 19.8 Å². The molecule has 1 aromatic heterocycles. The summed E-state index contributed by atoms with van der Waals surface area (Å²) in [6.45, 7) is 8.48. The Morgan fingerprint density at radius 1 is 1.28 bits per heavy atom. The highest BCUT2D eigenvalue weighted by atomic mass is 15.3. The van der Waals surface area contributed by atoms with Crippen molar-refractivity contribution in [3.8, 4) is 0 Å². The molecule has 154 valence electrons. The summed E-state index contributed by atoms with van der Waals surface area (Å²) in [4.78, 5) is 11.9. The molecule has 0 radical (unpaired) electrons. The molecule has 1 saturated carbocycles. The molecule has 29 heavy (non-hydrogen) atoms. The number of benzene rings is 1. The molecule has 5 nitrogen and oxygen atoms in total. The van der Waals surface area contributed by atoms with Crippen molar-refractivity contribution in [2.45, 2.75) is 45.1 Å². The van der Waals surface area contributed by atoms with Crippen molar-refractivity contribution in [2.75, 3.05) is 26.2 Å². The van der Waals surface area contributed by atoms with Crippen LogP contribution in [0.1, 0.15) is 49.8 Å². The van der Waals surface area contributed by atoms with Gasteiger partial charge in [0, 0.05) is 38.6 Å². The third-order valence-electron chi connectivity index (χ3n) is 7.41. The fourth-order valence-corrected chi connectivity index (χ4v) is 5.67. The predicted molar refractivity (Wildman–Crippen MR) is 117 cm³/mol. The molecular weight excluding hydrogens is 358 g/mol. The monoisotopic (exact) mass is 391 g/mol. The summed E-state index contributed by atoms with van der Waals surface area (Å²) in [5.41, 5.74) is 3.17. The summed E-state index contributed by atoms with van der Waals surface area (Å²) < 4.78 is 2.27. The first-order chi connectivity index (χ1) is 14.3. The fourth-order valence-electron chi connectivity index (χ4n) is 5.67. The number of rotatable bonds is 4. The molecule has 1 aromatic carbocycles. The van der Waals surface area contributed by atoms with E-state index in [0.717, 1.165) is 49.9 Å². The minimum absolute atomic E-state index is 0.463. The van der Waals surface area contributed by atoms with Crippen molar-refractivity contribution in [2.24, 2.45) is 22.7 Å². The fraction of sp³-hybridized carbons (Fsp3) is 0.583. The van der Waals surface area contributed by atoms with Gasteiger partial charge in [0.1, 0.15) is 0 Å². The first-order valence-electron chi connectivity index (χ1n) is 11.3. The van der Waals surface area contributed by atoms with Crippen molar-refractivity contribution < 1.29 is 0 Å². The highest BCUT2D eigenvalue weighted by Gasteiger charge is 2.52. The zero-order valence-corrected chi connectivity index (χ0v) is 17.7. The van der Waals surface area contributed by atoms with Crippen LogP contribution in [0.4, 0.5) is 0 Å². The molecule has 1 saturated heterocycles. The summed E-state index contributed by atoms with van der Waals surface area (Å²) in [5.74, 6) is 4.07. The molecular formula is C24H33N5. The van der Waals surface area contributed by atoms with E-state index in [1.165, 1.54) is 19.3 Å². The standard InChI is InChI=1S/C24H33N5/c1-3-26-24(28-12-10-17(2)22(15-28)29-13-11-25-16-29)27-14-21-20-9-8-18-6-4-5-7-19(18)23(20)21/h4-7,11,13,16-17,20-23H,3,8-10,12,14-15H2,1-2H3,(H,26,27). The third kappa shape index (κ3) is 3.56. The average Bonchev–Trinajstić information content (AvgIpc) is 3.19. The van der Waals surface area contributed by atoms with E-state index >= 15 is 0 Å². The van der Waals surface area contributed by atoms with Gasteiger partial charge in [0.15, 0.2) is 5.96 Å².